The standard InChI is InChI=1S/C67H48Si/c1-66(2)57-19-11-8-16-44(57)46-25-23-38(31-59(46)66)63-50-27-22-37-30-52(50)64(56-36-62-51(35-55(56)63)48-18-10-13-21-61(48)68(62,4)5)39-24-26-47-45-17-9-12-20-58(45)67(3,60(47)32-39)40-33-53-41(37)28-29-49-42-14-6-7-15-43(42)54(34-40)65(49)53/h6-36,49,65H,1-5H3. The third kappa shape index (κ3) is 4.40. The highest BCUT2D eigenvalue weighted by atomic mass is 28.3. The summed E-state index contributed by atoms with van der Waals surface area (Å²) in [4.78, 5) is 0. The van der Waals surface area contributed by atoms with Crippen LogP contribution in [0.4, 0.5) is 0 Å². The number of rotatable bonds is 1. The highest BCUT2D eigenvalue weighted by Crippen LogP contribution is 2.62. The molecule has 68 heavy (non-hydrogen) atoms. The van der Waals surface area contributed by atoms with E-state index < -0.39 is 8.07 Å². The van der Waals surface area contributed by atoms with E-state index in [0.29, 0.717) is 5.92 Å². The normalized spacial score (nSPS) is 21.4. The molecule has 0 N–H and O–H groups in total. The molecule has 0 amide bonds. The number of allylic oxidation sites excluding steroid dienone is 8. The molecule has 6 bridgehead atoms. The molecular formula is C67H48Si. The van der Waals surface area contributed by atoms with E-state index in [4.69, 9.17) is 0 Å². The van der Waals surface area contributed by atoms with Crippen LogP contribution in [0.2, 0.25) is 13.1 Å². The van der Waals surface area contributed by atoms with E-state index in [1.54, 1.807) is 10.4 Å². The molecule has 3 unspecified atom stereocenters. The van der Waals surface area contributed by atoms with Gasteiger partial charge in [-0.2, -0.15) is 0 Å². The summed E-state index contributed by atoms with van der Waals surface area (Å²) in [7, 11) is -2.05. The van der Waals surface area contributed by atoms with Gasteiger partial charge in [0.2, 0.25) is 0 Å². The molecule has 3 atom stereocenters. The molecular weight excluding hydrogens is 833 g/mol. The quantitative estimate of drug-likeness (QED) is 0.114. The Morgan fingerprint density at radius 1 is 0.441 bits per heavy atom. The lowest BCUT2D eigenvalue weighted by atomic mass is 9.66. The van der Waals surface area contributed by atoms with Gasteiger partial charge in [-0.05, 0) is 180 Å². The average Bonchev–Trinajstić information content (AvgIpc) is 3.99. The summed E-state index contributed by atoms with van der Waals surface area (Å²) in [5, 5.41) is 8.43. The molecule has 1 heteroatoms. The predicted octanol–water partition coefficient (Wildman–Crippen LogP) is 15.8. The summed E-state index contributed by atoms with van der Waals surface area (Å²) >= 11 is 0. The van der Waals surface area contributed by atoms with Gasteiger partial charge in [-0.1, -0.05) is 191 Å². The molecule has 0 nitrogen and oxygen atoms in total. The van der Waals surface area contributed by atoms with Crippen molar-refractivity contribution in [3.63, 3.8) is 0 Å². The number of benzene rings is 9. The van der Waals surface area contributed by atoms with Crippen molar-refractivity contribution in [2.24, 2.45) is 5.92 Å². The molecule has 320 valence electrons. The lowest BCUT2D eigenvalue weighted by molar-refractivity contribution is 0.660. The molecule has 0 fully saturated rings. The molecule has 0 saturated carbocycles. The maximum absolute atomic E-state index is 2.68. The second kappa shape index (κ2) is 12.4. The van der Waals surface area contributed by atoms with Crippen molar-refractivity contribution < 1.29 is 0 Å². The van der Waals surface area contributed by atoms with Crippen LogP contribution in [0.15, 0.2) is 199 Å². The van der Waals surface area contributed by atoms with E-state index in [1.165, 1.54) is 138 Å². The summed E-state index contributed by atoms with van der Waals surface area (Å²) in [6.07, 6.45) is 10.2. The minimum Gasteiger partial charge on any atom is -0.0754 e. The second-order valence-corrected chi connectivity index (χ2v) is 26.3. The molecule has 9 aromatic rings. The zero-order chi connectivity index (χ0) is 45.2. The Morgan fingerprint density at radius 3 is 1.85 bits per heavy atom. The fraction of sp³-hybridized carbons (Fsp3) is 0.134. The van der Waals surface area contributed by atoms with Crippen LogP contribution in [0.1, 0.15) is 65.6 Å². The van der Waals surface area contributed by atoms with Crippen molar-refractivity contribution >= 4 is 51.1 Å². The summed E-state index contributed by atoms with van der Waals surface area (Å²) in [6, 6.07) is 64.6. The Balaban J connectivity index is 1.07. The molecule has 0 aromatic heterocycles. The minimum absolute atomic E-state index is 0.114. The molecule has 9 aromatic carbocycles. The van der Waals surface area contributed by atoms with Crippen LogP contribution in [-0.2, 0) is 10.8 Å². The van der Waals surface area contributed by atoms with Crippen molar-refractivity contribution in [3.05, 3.63) is 238 Å². The summed E-state index contributed by atoms with van der Waals surface area (Å²) in [6.45, 7) is 12.5. The first kappa shape index (κ1) is 37.7. The molecule has 16 rings (SSSR count). The van der Waals surface area contributed by atoms with E-state index in [1.807, 2.05) is 0 Å². The van der Waals surface area contributed by atoms with Crippen LogP contribution in [-0.4, -0.2) is 8.07 Å². The Bertz CT molecular complexity index is 4050. The molecule has 0 radical (unpaired) electrons. The van der Waals surface area contributed by atoms with Gasteiger partial charge in [-0.3, -0.25) is 0 Å². The van der Waals surface area contributed by atoms with Crippen LogP contribution in [0.25, 0.3) is 88.3 Å². The van der Waals surface area contributed by atoms with Crippen LogP contribution in [0.3, 0.4) is 0 Å². The highest BCUT2D eigenvalue weighted by molar-refractivity contribution is 7.04. The van der Waals surface area contributed by atoms with Gasteiger partial charge in [0.1, 0.15) is 8.07 Å². The summed E-state index contributed by atoms with van der Waals surface area (Å²) in [5.74, 6) is 0.604. The molecule has 1 heterocycles. The largest absolute Gasteiger partial charge is 0.113 e. The third-order valence-corrected chi connectivity index (χ3v) is 21.8. The fourth-order valence-corrected chi connectivity index (χ4v) is 18.0. The average molecular weight is 881 g/mol. The van der Waals surface area contributed by atoms with Gasteiger partial charge in [-0.25, -0.2) is 0 Å². The maximum atomic E-state index is 2.68. The molecule has 0 saturated heterocycles. The van der Waals surface area contributed by atoms with Crippen LogP contribution in [0, 0.1) is 5.92 Å². The summed E-state index contributed by atoms with van der Waals surface area (Å²) in [5.41, 5.74) is 28.5. The van der Waals surface area contributed by atoms with E-state index in [0.717, 1.165) is 0 Å². The van der Waals surface area contributed by atoms with Gasteiger partial charge in [-0.15, -0.1) is 0 Å². The SMILES string of the molecule is CC1(C)c2ccccc2-c2ccc(-c3c4ccc5cc4c(c4cc6c(cc34)-c3ccccc3[Si]6(C)C)-c3ccc4c(c3)C(C)(C3=CC6=C5C=CC5c7ccccc7C(=C3)C65)c3ccccc3-4)cc21. The first-order valence-electron chi connectivity index (χ1n) is 24.7. The van der Waals surface area contributed by atoms with Gasteiger partial charge < -0.3 is 0 Å². The van der Waals surface area contributed by atoms with Crippen molar-refractivity contribution in [3.8, 4) is 55.6 Å². The fourth-order valence-electron chi connectivity index (χ4n) is 14.9. The highest BCUT2D eigenvalue weighted by Gasteiger charge is 2.48. The molecule has 1 aliphatic heterocycles. The first-order chi connectivity index (χ1) is 33.1. The molecule has 0 spiro atoms. The van der Waals surface area contributed by atoms with Crippen molar-refractivity contribution in [1.82, 2.24) is 0 Å². The van der Waals surface area contributed by atoms with E-state index in [9.17, 15) is 0 Å². The van der Waals surface area contributed by atoms with Gasteiger partial charge in [0.25, 0.3) is 0 Å². The zero-order valence-corrected chi connectivity index (χ0v) is 40.1. The van der Waals surface area contributed by atoms with E-state index in [2.05, 4.69) is 222 Å². The lowest BCUT2D eigenvalue weighted by Gasteiger charge is -2.37. The van der Waals surface area contributed by atoms with Gasteiger partial charge in [0.15, 0.2) is 0 Å². The van der Waals surface area contributed by atoms with Crippen molar-refractivity contribution in [2.75, 3.05) is 0 Å². The van der Waals surface area contributed by atoms with E-state index >= 15 is 0 Å². The van der Waals surface area contributed by atoms with Gasteiger partial charge >= 0.3 is 0 Å². The Kier molecular flexibility index (Phi) is 6.89. The Morgan fingerprint density at radius 2 is 1.04 bits per heavy atom. The van der Waals surface area contributed by atoms with Crippen molar-refractivity contribution in [1.29, 1.82) is 0 Å². The Hall–Kier alpha value is -7.32. The third-order valence-electron chi connectivity index (χ3n) is 18.2. The number of fused-ring (bicyclic) bond motifs is 19. The minimum atomic E-state index is -2.05. The lowest BCUT2D eigenvalue weighted by Crippen LogP contribution is -2.49. The molecule has 7 aliphatic rings. The van der Waals surface area contributed by atoms with Crippen molar-refractivity contribution in [2.45, 2.75) is 50.6 Å². The zero-order valence-electron chi connectivity index (χ0n) is 39.1. The van der Waals surface area contributed by atoms with Gasteiger partial charge in [0, 0.05) is 22.7 Å². The predicted molar refractivity (Wildman–Crippen MR) is 289 cm³/mol. The molecule has 6 aliphatic carbocycles. The van der Waals surface area contributed by atoms with Gasteiger partial charge in [0.05, 0.1) is 0 Å². The van der Waals surface area contributed by atoms with Crippen LogP contribution >= 0.6 is 0 Å². The number of hydrogen-bond acceptors (Lipinski definition) is 0. The maximum Gasteiger partial charge on any atom is 0.113 e. The van der Waals surface area contributed by atoms with Crippen LogP contribution in [0.5, 0.6) is 0 Å². The second-order valence-electron chi connectivity index (χ2n) is 22.0. The van der Waals surface area contributed by atoms with E-state index in [-0.39, 0.29) is 16.7 Å². The Labute approximate surface area is 399 Å². The number of hydrogen-bond donors (Lipinski definition) is 0. The monoisotopic (exact) mass is 880 g/mol. The first-order valence-corrected chi connectivity index (χ1v) is 27.7. The smallest absolute Gasteiger partial charge is 0.0754 e. The van der Waals surface area contributed by atoms with Crippen LogP contribution < -0.4 is 10.4 Å². The topological polar surface area (TPSA) is 0 Å². The summed E-state index contributed by atoms with van der Waals surface area (Å²) < 4.78 is 0.